The molecule has 1 atom stereocenters. The minimum atomic E-state index is -0.882. The van der Waals surface area contributed by atoms with E-state index in [-0.39, 0.29) is 12.0 Å². The maximum absolute atomic E-state index is 12.5. The van der Waals surface area contributed by atoms with Crippen molar-refractivity contribution in [1.29, 1.82) is 0 Å². The van der Waals surface area contributed by atoms with Crippen LogP contribution in [0, 0.1) is 6.92 Å². The maximum Gasteiger partial charge on any atom is 0.408 e. The van der Waals surface area contributed by atoms with Crippen LogP contribution in [0.25, 0.3) is 11.1 Å². The quantitative estimate of drug-likeness (QED) is 0.780. The summed E-state index contributed by atoms with van der Waals surface area (Å²) < 4.78 is 11.6. The molecule has 0 aliphatic heterocycles. The number of carbonyl (C=O) groups excluding carboxylic acids is 2. The van der Waals surface area contributed by atoms with Gasteiger partial charge in [-0.1, -0.05) is 24.3 Å². The number of carbonyl (C=O) groups is 2. The number of hydrogen-bond donors (Lipinski definition) is 1. The second-order valence-electron chi connectivity index (χ2n) is 7.91. The summed E-state index contributed by atoms with van der Waals surface area (Å²) in [5.41, 5.74) is 2.38. The largest absolute Gasteiger partial charge is 0.467 e. The van der Waals surface area contributed by atoms with Gasteiger partial charge in [-0.3, -0.25) is 4.79 Å². The van der Waals surface area contributed by atoms with Crippen LogP contribution in [0.3, 0.4) is 0 Å². The number of ether oxygens (including phenoxy) is 2. The molecule has 0 unspecified atom stereocenters. The molecule has 0 saturated heterocycles. The molecule has 0 aliphatic rings. The monoisotopic (exact) mass is 400 g/mol. The second-order valence-corrected chi connectivity index (χ2v) is 7.91. The van der Waals surface area contributed by atoms with Crippen molar-refractivity contribution in [1.82, 2.24) is 9.88 Å². The molecule has 156 valence electrons. The van der Waals surface area contributed by atoms with Gasteiger partial charge in [0.15, 0.2) is 0 Å². The van der Waals surface area contributed by atoms with E-state index in [1.807, 2.05) is 37.3 Å². The van der Waals surface area contributed by atoms with E-state index < -0.39 is 23.7 Å². The van der Waals surface area contributed by atoms with Crippen LogP contribution in [-0.4, -0.2) is 35.4 Å². The molecular weight excluding hydrogens is 372 g/mol. The molecule has 0 spiro atoms. The number of pyridine rings is 1. The molecule has 1 aromatic carbocycles. The zero-order chi connectivity index (χ0) is 21.8. The highest BCUT2D eigenvalue weighted by molar-refractivity contribution is 5.81. The van der Waals surface area contributed by atoms with Crippen LogP contribution in [0.5, 0.6) is 0 Å². The lowest BCUT2D eigenvalue weighted by Gasteiger charge is -2.22. The van der Waals surface area contributed by atoms with Crippen molar-refractivity contribution < 1.29 is 19.1 Å². The van der Waals surface area contributed by atoms with Crippen LogP contribution in [0.1, 0.15) is 31.9 Å². The Labute approximate surface area is 170 Å². The number of aryl methyl sites for hydroxylation is 2. The molecule has 0 bridgehead atoms. The second kappa shape index (κ2) is 8.94. The van der Waals surface area contributed by atoms with E-state index in [9.17, 15) is 14.4 Å². The van der Waals surface area contributed by atoms with E-state index in [1.165, 1.54) is 11.7 Å². The fraction of sp³-hybridized carbons (Fsp3) is 0.409. The average molecular weight is 400 g/mol. The Morgan fingerprint density at radius 1 is 1.14 bits per heavy atom. The molecule has 7 nitrogen and oxygen atoms in total. The Morgan fingerprint density at radius 3 is 2.31 bits per heavy atom. The summed E-state index contributed by atoms with van der Waals surface area (Å²) in [6.45, 7) is 7.12. The Kier molecular flexibility index (Phi) is 6.84. The highest BCUT2D eigenvalue weighted by Gasteiger charge is 2.25. The number of esters is 1. The van der Waals surface area contributed by atoms with Crippen molar-refractivity contribution in [2.24, 2.45) is 7.05 Å². The van der Waals surface area contributed by atoms with Crippen molar-refractivity contribution in [3.8, 4) is 11.1 Å². The predicted octanol–water partition coefficient (Wildman–Crippen LogP) is 2.97. The zero-order valence-electron chi connectivity index (χ0n) is 17.7. The molecule has 0 fully saturated rings. The number of nitrogens with zero attached hydrogens (tertiary/aromatic N) is 1. The first kappa shape index (κ1) is 22.2. The van der Waals surface area contributed by atoms with Gasteiger partial charge in [0.1, 0.15) is 11.6 Å². The lowest BCUT2D eigenvalue weighted by Crippen LogP contribution is -2.45. The molecular formula is C22H28N2O5. The van der Waals surface area contributed by atoms with E-state index in [0.29, 0.717) is 5.56 Å². The highest BCUT2D eigenvalue weighted by atomic mass is 16.6. The highest BCUT2D eigenvalue weighted by Crippen LogP contribution is 2.20. The smallest absolute Gasteiger partial charge is 0.408 e. The summed E-state index contributed by atoms with van der Waals surface area (Å²) in [6.07, 6.45) is 1.28. The molecule has 1 N–H and O–H groups in total. The molecule has 0 saturated carbocycles. The van der Waals surface area contributed by atoms with Crippen molar-refractivity contribution >= 4 is 12.1 Å². The fourth-order valence-electron chi connectivity index (χ4n) is 2.90. The van der Waals surface area contributed by atoms with Gasteiger partial charge in [0.2, 0.25) is 0 Å². The summed E-state index contributed by atoms with van der Waals surface area (Å²) >= 11 is 0. The summed E-state index contributed by atoms with van der Waals surface area (Å²) in [4.78, 5) is 36.6. The van der Waals surface area contributed by atoms with Gasteiger partial charge in [-0.25, -0.2) is 9.59 Å². The van der Waals surface area contributed by atoms with Crippen LogP contribution >= 0.6 is 0 Å². The van der Waals surface area contributed by atoms with Crippen molar-refractivity contribution in [2.45, 2.75) is 45.8 Å². The van der Waals surface area contributed by atoms with Gasteiger partial charge in [-0.15, -0.1) is 0 Å². The minimum absolute atomic E-state index is 0.0724. The van der Waals surface area contributed by atoms with Crippen molar-refractivity contribution in [2.75, 3.05) is 7.11 Å². The topological polar surface area (TPSA) is 86.6 Å². The first-order valence-corrected chi connectivity index (χ1v) is 9.34. The van der Waals surface area contributed by atoms with Gasteiger partial charge in [0.25, 0.3) is 5.56 Å². The third-order valence-electron chi connectivity index (χ3n) is 4.34. The number of amides is 1. The summed E-state index contributed by atoms with van der Waals surface area (Å²) in [5, 5.41) is 2.56. The maximum atomic E-state index is 12.5. The third-order valence-corrected chi connectivity index (χ3v) is 4.34. The van der Waals surface area contributed by atoms with Crippen LogP contribution in [0.4, 0.5) is 4.79 Å². The van der Waals surface area contributed by atoms with Gasteiger partial charge in [-0.2, -0.15) is 0 Å². The molecule has 2 rings (SSSR count). The molecule has 0 aliphatic carbocycles. The number of benzene rings is 1. The van der Waals surface area contributed by atoms with E-state index in [4.69, 9.17) is 9.47 Å². The number of aromatic nitrogens is 1. The Hall–Kier alpha value is -3.09. The Morgan fingerprint density at radius 2 is 1.76 bits per heavy atom. The standard InChI is InChI=1S/C22H28N2O5/c1-14-11-12-24(5)19(25)18(14)16-9-7-15(8-10-16)13-17(20(26)28-6)23-21(27)29-22(2,3)4/h7-12,17H,13H2,1-6H3,(H,23,27)/t17-/m0/s1. The van der Waals surface area contributed by atoms with Crippen LogP contribution in [-0.2, 0) is 27.7 Å². The summed E-state index contributed by atoms with van der Waals surface area (Å²) in [7, 11) is 2.98. The molecule has 1 heterocycles. The fourth-order valence-corrected chi connectivity index (χ4v) is 2.90. The molecule has 0 radical (unpaired) electrons. The first-order valence-electron chi connectivity index (χ1n) is 9.34. The SMILES string of the molecule is COC(=O)[C@H](Cc1ccc(-c2c(C)ccn(C)c2=O)cc1)NC(=O)OC(C)(C)C. The van der Waals surface area contributed by atoms with Crippen LogP contribution in [0.2, 0.25) is 0 Å². The first-order chi connectivity index (χ1) is 13.5. The third kappa shape index (κ3) is 5.94. The summed E-state index contributed by atoms with van der Waals surface area (Å²) in [5.74, 6) is -0.562. The molecule has 1 amide bonds. The van der Waals surface area contributed by atoms with Crippen LogP contribution in [0.15, 0.2) is 41.3 Å². The Balaban J connectivity index is 2.21. The average Bonchev–Trinajstić information content (AvgIpc) is 2.63. The number of hydrogen-bond acceptors (Lipinski definition) is 5. The molecule has 2 aromatic rings. The number of alkyl carbamates (subject to hydrolysis) is 1. The van der Waals surface area contributed by atoms with Gasteiger partial charge in [0.05, 0.1) is 12.7 Å². The lowest BCUT2D eigenvalue weighted by molar-refractivity contribution is -0.143. The molecule has 7 heteroatoms. The normalized spacial score (nSPS) is 12.2. The van der Waals surface area contributed by atoms with Crippen LogP contribution < -0.4 is 10.9 Å². The molecule has 1 aromatic heterocycles. The number of rotatable bonds is 5. The van der Waals surface area contributed by atoms with E-state index in [0.717, 1.165) is 16.7 Å². The minimum Gasteiger partial charge on any atom is -0.467 e. The van der Waals surface area contributed by atoms with Crippen molar-refractivity contribution in [3.05, 3.63) is 58.0 Å². The van der Waals surface area contributed by atoms with Crippen molar-refractivity contribution in [3.63, 3.8) is 0 Å². The predicted molar refractivity (Wildman–Crippen MR) is 111 cm³/mol. The summed E-state index contributed by atoms with van der Waals surface area (Å²) in [6, 6.07) is 8.33. The van der Waals surface area contributed by atoms with E-state index in [1.54, 1.807) is 34.0 Å². The van der Waals surface area contributed by atoms with E-state index >= 15 is 0 Å². The van der Waals surface area contributed by atoms with Gasteiger partial charge in [0, 0.05) is 19.7 Å². The number of nitrogens with one attached hydrogen (secondary N) is 1. The Bertz CT molecular complexity index is 939. The lowest BCUT2D eigenvalue weighted by atomic mass is 9.99. The molecule has 29 heavy (non-hydrogen) atoms. The van der Waals surface area contributed by atoms with Gasteiger partial charge >= 0.3 is 12.1 Å². The van der Waals surface area contributed by atoms with Gasteiger partial charge < -0.3 is 19.4 Å². The number of methoxy groups -OCH3 is 1. The van der Waals surface area contributed by atoms with Gasteiger partial charge in [-0.05, 0) is 50.5 Å². The zero-order valence-corrected chi connectivity index (χ0v) is 17.7. The van der Waals surface area contributed by atoms with E-state index in [2.05, 4.69) is 5.32 Å².